The van der Waals surface area contributed by atoms with Gasteiger partial charge in [-0.05, 0) is 83.1 Å². The predicted octanol–water partition coefficient (Wildman–Crippen LogP) is 4.60. The summed E-state index contributed by atoms with van der Waals surface area (Å²) in [5.74, 6) is -0.825. The van der Waals surface area contributed by atoms with Crippen LogP contribution in [0.3, 0.4) is 0 Å². The number of amides is 2. The molecule has 1 aliphatic heterocycles. The molecule has 3 rings (SSSR count). The van der Waals surface area contributed by atoms with E-state index in [1.807, 2.05) is 0 Å². The number of esters is 1. The number of thiocarbonyl (C=S) groups is 1. The highest BCUT2D eigenvalue weighted by Crippen LogP contribution is 2.39. The number of hydrogen-bond acceptors (Lipinski definition) is 8. The first-order valence-corrected chi connectivity index (χ1v) is 12.1. The summed E-state index contributed by atoms with van der Waals surface area (Å²) >= 11 is 15.6. The van der Waals surface area contributed by atoms with Crippen LogP contribution in [-0.4, -0.2) is 47.4 Å². The molecule has 178 valence electrons. The van der Waals surface area contributed by atoms with Crippen molar-refractivity contribution in [2.45, 2.75) is 6.92 Å². The molecule has 1 aliphatic rings. The molecule has 0 atom stereocenters. The first-order valence-electron chi connectivity index (χ1n) is 9.74. The quantitative estimate of drug-likeness (QED) is 0.273. The molecule has 0 radical (unpaired) electrons. The summed E-state index contributed by atoms with van der Waals surface area (Å²) in [6.07, 6.45) is 1.61. The minimum absolute atomic E-state index is 0.180. The van der Waals surface area contributed by atoms with Gasteiger partial charge in [0, 0.05) is 10.6 Å². The van der Waals surface area contributed by atoms with E-state index >= 15 is 0 Å². The summed E-state index contributed by atoms with van der Waals surface area (Å²) in [6, 6.07) is 9.57. The number of carbonyl (C=O) groups is 3. The Morgan fingerprint density at radius 2 is 1.97 bits per heavy atom. The predicted molar refractivity (Wildman–Crippen MR) is 137 cm³/mol. The second-order valence-electron chi connectivity index (χ2n) is 6.59. The number of thioether (sulfide) groups is 1. The van der Waals surface area contributed by atoms with Gasteiger partial charge in [0.2, 0.25) is 0 Å². The Kier molecular flexibility index (Phi) is 8.95. The van der Waals surface area contributed by atoms with Crippen molar-refractivity contribution in [3.63, 3.8) is 0 Å². The van der Waals surface area contributed by atoms with Crippen LogP contribution in [0.5, 0.6) is 11.5 Å². The normalized spacial score (nSPS) is 14.4. The third-order valence-electron chi connectivity index (χ3n) is 4.30. The molecule has 0 bridgehead atoms. The fourth-order valence-electron chi connectivity index (χ4n) is 2.78. The second-order valence-corrected chi connectivity index (χ2v) is 9.56. The largest absolute Gasteiger partial charge is 0.493 e. The summed E-state index contributed by atoms with van der Waals surface area (Å²) in [5.41, 5.74) is 3.45. The maximum Gasteiger partial charge on any atom is 0.344 e. The Labute approximate surface area is 218 Å². The van der Waals surface area contributed by atoms with E-state index in [-0.39, 0.29) is 17.5 Å². The van der Waals surface area contributed by atoms with Crippen LogP contribution < -0.4 is 14.9 Å². The lowest BCUT2D eigenvalue weighted by molar-refractivity contribution is -0.145. The first-order chi connectivity index (χ1) is 16.2. The molecule has 8 nitrogen and oxygen atoms in total. The smallest absolute Gasteiger partial charge is 0.344 e. The first kappa shape index (κ1) is 26.0. The van der Waals surface area contributed by atoms with Crippen molar-refractivity contribution in [2.24, 2.45) is 0 Å². The third-order valence-corrected chi connectivity index (χ3v) is 6.45. The Hall–Kier alpha value is -2.60. The van der Waals surface area contributed by atoms with E-state index in [2.05, 4.69) is 21.4 Å². The fraction of sp³-hybridized carbons (Fsp3) is 0.182. The van der Waals surface area contributed by atoms with E-state index in [9.17, 15) is 14.4 Å². The molecule has 0 unspecified atom stereocenters. The molecule has 12 heteroatoms. The van der Waals surface area contributed by atoms with Gasteiger partial charge in [-0.25, -0.2) is 4.79 Å². The second kappa shape index (κ2) is 11.7. The van der Waals surface area contributed by atoms with Crippen molar-refractivity contribution in [1.29, 1.82) is 0 Å². The lowest BCUT2D eigenvalue weighted by atomic mass is 10.2. The number of methoxy groups -OCH3 is 1. The number of nitrogens with zero attached hydrogens (tertiary/aromatic N) is 1. The van der Waals surface area contributed by atoms with E-state index in [0.29, 0.717) is 37.0 Å². The molecule has 1 N–H and O–H groups in total. The minimum atomic E-state index is -0.509. The minimum Gasteiger partial charge on any atom is -0.493 e. The monoisotopic (exact) mass is 584 g/mol. The highest BCUT2D eigenvalue weighted by Gasteiger charge is 2.34. The van der Waals surface area contributed by atoms with Crippen molar-refractivity contribution in [3.8, 4) is 11.5 Å². The summed E-state index contributed by atoms with van der Waals surface area (Å²) in [4.78, 5) is 37.3. The summed E-state index contributed by atoms with van der Waals surface area (Å²) < 4.78 is 16.4. The number of benzene rings is 2. The Balaban J connectivity index is 1.77. The molecule has 1 heterocycles. The van der Waals surface area contributed by atoms with E-state index < -0.39 is 17.8 Å². The van der Waals surface area contributed by atoms with Crippen LogP contribution in [0, 0.1) is 0 Å². The number of carbonyl (C=O) groups excluding carboxylic acids is 3. The van der Waals surface area contributed by atoms with Crippen LogP contribution in [0.2, 0.25) is 5.02 Å². The number of halogens is 2. The zero-order valence-electron chi connectivity index (χ0n) is 17.9. The van der Waals surface area contributed by atoms with Gasteiger partial charge in [-0.1, -0.05) is 23.4 Å². The highest BCUT2D eigenvalue weighted by atomic mass is 79.9. The summed E-state index contributed by atoms with van der Waals surface area (Å²) in [5, 5.41) is 1.51. The number of hydrazine groups is 1. The lowest BCUT2D eigenvalue weighted by Gasteiger charge is -2.15. The molecule has 1 saturated heterocycles. The molecule has 2 aromatic carbocycles. The zero-order chi connectivity index (χ0) is 24.8. The van der Waals surface area contributed by atoms with Gasteiger partial charge in [-0.2, -0.15) is 5.01 Å². The lowest BCUT2D eigenvalue weighted by Crippen LogP contribution is -2.44. The fourth-order valence-corrected chi connectivity index (χ4v) is 4.66. The van der Waals surface area contributed by atoms with Crippen LogP contribution in [0.25, 0.3) is 6.08 Å². The molecular weight excluding hydrogens is 568 g/mol. The summed E-state index contributed by atoms with van der Waals surface area (Å²) in [7, 11) is 1.45. The van der Waals surface area contributed by atoms with Crippen molar-refractivity contribution in [3.05, 3.63) is 61.9 Å². The molecule has 1 fully saturated rings. The molecule has 0 aliphatic carbocycles. The topological polar surface area (TPSA) is 94.2 Å². The maximum atomic E-state index is 12.9. The van der Waals surface area contributed by atoms with Crippen molar-refractivity contribution in [1.82, 2.24) is 10.4 Å². The Morgan fingerprint density at radius 1 is 1.26 bits per heavy atom. The third kappa shape index (κ3) is 6.29. The zero-order valence-corrected chi connectivity index (χ0v) is 21.9. The van der Waals surface area contributed by atoms with Gasteiger partial charge in [0.05, 0.1) is 23.1 Å². The van der Waals surface area contributed by atoms with Crippen LogP contribution in [-0.2, 0) is 14.3 Å². The molecule has 2 aromatic rings. The van der Waals surface area contributed by atoms with E-state index in [4.69, 9.17) is 38.0 Å². The van der Waals surface area contributed by atoms with E-state index in [1.54, 1.807) is 49.4 Å². The van der Waals surface area contributed by atoms with Crippen molar-refractivity contribution >= 4 is 79.7 Å². The maximum absolute atomic E-state index is 12.9. The molecule has 2 amide bonds. The van der Waals surface area contributed by atoms with Crippen LogP contribution in [0.4, 0.5) is 0 Å². The number of hydrogen-bond donors (Lipinski definition) is 1. The molecule has 0 saturated carbocycles. The average molecular weight is 586 g/mol. The van der Waals surface area contributed by atoms with Gasteiger partial charge < -0.3 is 14.2 Å². The van der Waals surface area contributed by atoms with Gasteiger partial charge in [0.1, 0.15) is 0 Å². The van der Waals surface area contributed by atoms with Crippen molar-refractivity contribution in [2.75, 3.05) is 20.3 Å². The number of nitrogens with one attached hydrogen (secondary N) is 1. The van der Waals surface area contributed by atoms with Gasteiger partial charge >= 0.3 is 5.97 Å². The number of ether oxygens (including phenoxy) is 3. The van der Waals surface area contributed by atoms with Crippen LogP contribution >= 0.6 is 51.5 Å². The van der Waals surface area contributed by atoms with Crippen molar-refractivity contribution < 1.29 is 28.6 Å². The average Bonchev–Trinajstić information content (AvgIpc) is 3.05. The molecule has 0 spiro atoms. The van der Waals surface area contributed by atoms with Gasteiger partial charge in [0.25, 0.3) is 11.8 Å². The highest BCUT2D eigenvalue weighted by molar-refractivity contribution is 9.10. The molecule has 0 aromatic heterocycles. The van der Waals surface area contributed by atoms with Gasteiger partial charge in [-0.15, -0.1) is 0 Å². The van der Waals surface area contributed by atoms with E-state index in [1.165, 1.54) is 7.11 Å². The summed E-state index contributed by atoms with van der Waals surface area (Å²) in [6.45, 7) is 1.67. The van der Waals surface area contributed by atoms with E-state index in [0.717, 1.165) is 16.8 Å². The van der Waals surface area contributed by atoms with Gasteiger partial charge in [-0.3, -0.25) is 15.0 Å². The molecular formula is C22H18BrClN2O6S2. The molecule has 34 heavy (non-hydrogen) atoms. The SMILES string of the molecule is CCOC(=O)COc1c(Br)cc(/C=C2\SC(=S)N(NC(=O)c3ccc(Cl)cc3)C2=O)cc1OC. The Morgan fingerprint density at radius 3 is 2.62 bits per heavy atom. The van der Waals surface area contributed by atoms with Crippen LogP contribution in [0.15, 0.2) is 45.8 Å². The number of rotatable bonds is 8. The van der Waals surface area contributed by atoms with Crippen LogP contribution in [0.1, 0.15) is 22.8 Å². The Bertz CT molecular complexity index is 1170. The van der Waals surface area contributed by atoms with Gasteiger partial charge in [0.15, 0.2) is 22.4 Å². The standard InChI is InChI=1S/C22H18BrClN2O6S2/c1-3-31-18(27)11-32-19-15(23)8-12(9-16(19)30-2)10-17-21(29)26(22(33)34-17)25-20(28)13-4-6-14(24)7-5-13/h4-10H,3,11H2,1-2H3,(H,25,28)/b17-10-.